The Morgan fingerprint density at radius 2 is 1.76 bits per heavy atom. The van der Waals surface area contributed by atoms with Crippen molar-refractivity contribution in [2.45, 2.75) is 18.7 Å². The summed E-state index contributed by atoms with van der Waals surface area (Å²) < 4.78 is 22.2. The number of hydrogen-bond donors (Lipinski definition) is 1. The lowest BCUT2D eigenvalue weighted by Crippen LogP contribution is -1.90. The van der Waals surface area contributed by atoms with E-state index >= 15 is 0 Å². The van der Waals surface area contributed by atoms with Crippen LogP contribution in [0.5, 0.6) is 0 Å². The zero-order valence-corrected chi connectivity index (χ0v) is 10.9. The van der Waals surface area contributed by atoms with Gasteiger partial charge in [-0.05, 0) is 31.5 Å². The van der Waals surface area contributed by atoms with Crippen LogP contribution in [-0.2, 0) is 9.05 Å². The molecule has 0 aliphatic carbocycles. The Balaban J connectivity index is 2.50. The first-order valence-corrected chi connectivity index (χ1v) is 7.27. The van der Waals surface area contributed by atoms with Gasteiger partial charge in [0.25, 0.3) is 9.05 Å². The van der Waals surface area contributed by atoms with Gasteiger partial charge in [-0.25, -0.2) is 8.42 Å². The van der Waals surface area contributed by atoms with Crippen LogP contribution >= 0.6 is 10.7 Å². The maximum Gasteiger partial charge on any atom is 0.261 e. The van der Waals surface area contributed by atoms with Crippen molar-refractivity contribution in [3.8, 4) is 11.1 Å². The fourth-order valence-electron chi connectivity index (χ4n) is 1.76. The number of hydrogen-bond acceptors (Lipinski definition) is 3. The van der Waals surface area contributed by atoms with Crippen LogP contribution in [0, 0.1) is 13.8 Å². The number of halogens is 1. The summed E-state index contributed by atoms with van der Waals surface area (Å²) in [5.41, 5.74) is 3.73. The summed E-state index contributed by atoms with van der Waals surface area (Å²) in [6, 6.07) is 6.42. The van der Waals surface area contributed by atoms with Crippen molar-refractivity contribution in [2.75, 3.05) is 0 Å². The minimum Gasteiger partial charge on any atom is -0.282 e. The Labute approximate surface area is 104 Å². The molecule has 2 rings (SSSR count). The van der Waals surface area contributed by atoms with Crippen LogP contribution in [0.25, 0.3) is 11.1 Å². The fourth-order valence-corrected chi connectivity index (χ4v) is 2.53. The highest BCUT2D eigenvalue weighted by molar-refractivity contribution is 8.13. The summed E-state index contributed by atoms with van der Waals surface area (Å²) in [5.74, 6) is 0. The summed E-state index contributed by atoms with van der Waals surface area (Å²) in [6.07, 6.45) is 0. The number of nitrogens with zero attached hydrogens (tertiary/aromatic N) is 1. The first-order valence-electron chi connectivity index (χ1n) is 4.96. The number of aromatic amines is 1. The van der Waals surface area contributed by atoms with Crippen molar-refractivity contribution < 1.29 is 8.42 Å². The van der Waals surface area contributed by atoms with E-state index in [0.717, 1.165) is 22.5 Å². The molecule has 0 spiro atoms. The van der Waals surface area contributed by atoms with Gasteiger partial charge < -0.3 is 0 Å². The number of aromatic nitrogens is 2. The molecule has 1 N–H and O–H groups in total. The van der Waals surface area contributed by atoms with Gasteiger partial charge in [0.1, 0.15) is 0 Å². The maximum absolute atomic E-state index is 11.1. The van der Waals surface area contributed by atoms with Crippen LogP contribution in [0.4, 0.5) is 0 Å². The maximum atomic E-state index is 11.1. The highest BCUT2D eigenvalue weighted by Crippen LogP contribution is 2.26. The van der Waals surface area contributed by atoms with Gasteiger partial charge in [0.15, 0.2) is 0 Å². The Morgan fingerprint density at radius 3 is 2.18 bits per heavy atom. The van der Waals surface area contributed by atoms with Crippen LogP contribution < -0.4 is 0 Å². The summed E-state index contributed by atoms with van der Waals surface area (Å²) in [4.78, 5) is 0.0988. The third kappa shape index (κ3) is 2.35. The molecule has 0 bridgehead atoms. The second-order valence-corrected chi connectivity index (χ2v) is 6.34. The van der Waals surface area contributed by atoms with Crippen molar-refractivity contribution in [3.63, 3.8) is 0 Å². The first kappa shape index (κ1) is 12.1. The van der Waals surface area contributed by atoms with Crippen LogP contribution in [-0.4, -0.2) is 18.6 Å². The SMILES string of the molecule is Cc1n[nH]c(C)c1-c1ccc(S(=O)(=O)Cl)cc1. The number of benzene rings is 1. The molecule has 0 saturated carbocycles. The van der Waals surface area contributed by atoms with E-state index in [2.05, 4.69) is 10.2 Å². The van der Waals surface area contributed by atoms with E-state index in [-0.39, 0.29) is 4.90 Å². The van der Waals surface area contributed by atoms with Crippen molar-refractivity contribution in [1.29, 1.82) is 0 Å². The van der Waals surface area contributed by atoms with Gasteiger partial charge >= 0.3 is 0 Å². The van der Waals surface area contributed by atoms with Gasteiger partial charge in [0.05, 0.1) is 10.6 Å². The molecule has 17 heavy (non-hydrogen) atoms. The third-order valence-electron chi connectivity index (χ3n) is 2.55. The second-order valence-electron chi connectivity index (χ2n) is 3.77. The van der Waals surface area contributed by atoms with Gasteiger partial charge in [0.2, 0.25) is 0 Å². The lowest BCUT2D eigenvalue weighted by molar-refractivity contribution is 0.609. The summed E-state index contributed by atoms with van der Waals surface area (Å²) in [6.45, 7) is 3.81. The number of aryl methyl sites for hydroxylation is 2. The third-order valence-corrected chi connectivity index (χ3v) is 3.92. The predicted molar refractivity (Wildman–Crippen MR) is 66.5 cm³/mol. The Bertz CT molecular complexity index is 625. The van der Waals surface area contributed by atoms with Gasteiger partial charge in [-0.15, -0.1) is 0 Å². The zero-order valence-electron chi connectivity index (χ0n) is 9.36. The molecule has 4 nitrogen and oxygen atoms in total. The minimum atomic E-state index is -3.66. The summed E-state index contributed by atoms with van der Waals surface area (Å²) >= 11 is 0. The van der Waals surface area contributed by atoms with Gasteiger partial charge in [-0.2, -0.15) is 5.10 Å². The van der Waals surface area contributed by atoms with E-state index < -0.39 is 9.05 Å². The van der Waals surface area contributed by atoms with Gasteiger partial charge in [-0.1, -0.05) is 12.1 Å². The number of nitrogens with one attached hydrogen (secondary N) is 1. The van der Waals surface area contributed by atoms with Crippen LogP contribution in [0.1, 0.15) is 11.4 Å². The quantitative estimate of drug-likeness (QED) is 0.853. The molecule has 2 aromatic rings. The first-order chi connectivity index (χ1) is 7.89. The molecule has 0 amide bonds. The van der Waals surface area contributed by atoms with Gasteiger partial charge in [-0.3, -0.25) is 5.10 Å². The minimum absolute atomic E-state index is 0.0988. The molecular weight excluding hydrogens is 260 g/mol. The van der Waals surface area contributed by atoms with E-state index in [0.29, 0.717) is 0 Å². The van der Waals surface area contributed by atoms with E-state index in [4.69, 9.17) is 10.7 Å². The van der Waals surface area contributed by atoms with E-state index in [1.54, 1.807) is 12.1 Å². The largest absolute Gasteiger partial charge is 0.282 e. The molecule has 6 heteroatoms. The van der Waals surface area contributed by atoms with Crippen LogP contribution in [0.15, 0.2) is 29.2 Å². The molecule has 1 heterocycles. The van der Waals surface area contributed by atoms with E-state index in [9.17, 15) is 8.42 Å². The van der Waals surface area contributed by atoms with Crippen LogP contribution in [0.3, 0.4) is 0 Å². The smallest absolute Gasteiger partial charge is 0.261 e. The zero-order chi connectivity index (χ0) is 12.6. The molecule has 0 atom stereocenters. The van der Waals surface area contributed by atoms with Crippen molar-refractivity contribution >= 4 is 19.7 Å². The fraction of sp³-hybridized carbons (Fsp3) is 0.182. The average Bonchev–Trinajstić information content (AvgIpc) is 2.58. The topological polar surface area (TPSA) is 62.8 Å². The van der Waals surface area contributed by atoms with Gasteiger partial charge in [0, 0.05) is 21.9 Å². The molecule has 0 aliphatic rings. The molecule has 0 fully saturated rings. The number of rotatable bonds is 2. The molecule has 1 aromatic heterocycles. The second kappa shape index (κ2) is 4.16. The monoisotopic (exact) mass is 270 g/mol. The molecule has 0 saturated heterocycles. The standard InChI is InChI=1S/C11H11ClN2O2S/c1-7-11(8(2)14-13-7)9-3-5-10(6-4-9)17(12,15)16/h3-6H,1-2H3,(H,13,14). The lowest BCUT2D eigenvalue weighted by Gasteiger charge is -2.02. The molecule has 1 aromatic carbocycles. The molecule has 0 unspecified atom stereocenters. The van der Waals surface area contributed by atoms with E-state index in [1.165, 1.54) is 12.1 Å². The van der Waals surface area contributed by atoms with Crippen molar-refractivity contribution in [1.82, 2.24) is 10.2 Å². The Hall–Kier alpha value is -1.33. The summed E-state index contributed by atoms with van der Waals surface area (Å²) in [5, 5.41) is 6.98. The molecule has 0 radical (unpaired) electrons. The molecule has 90 valence electrons. The highest BCUT2D eigenvalue weighted by Gasteiger charge is 2.12. The highest BCUT2D eigenvalue weighted by atomic mass is 35.7. The Morgan fingerprint density at radius 1 is 1.18 bits per heavy atom. The Kier molecular flexibility index (Phi) is 2.97. The van der Waals surface area contributed by atoms with E-state index in [1.807, 2.05) is 13.8 Å². The predicted octanol–water partition coefficient (Wildman–Crippen LogP) is 2.62. The molecule has 0 aliphatic heterocycles. The van der Waals surface area contributed by atoms with Crippen molar-refractivity contribution in [2.24, 2.45) is 0 Å². The molecular formula is C11H11ClN2O2S. The summed E-state index contributed by atoms with van der Waals surface area (Å²) in [7, 11) is 1.59. The normalized spacial score (nSPS) is 11.7. The lowest BCUT2D eigenvalue weighted by atomic mass is 10.0. The average molecular weight is 271 g/mol. The number of H-pyrrole nitrogens is 1. The van der Waals surface area contributed by atoms with Crippen LogP contribution in [0.2, 0.25) is 0 Å². The van der Waals surface area contributed by atoms with Crippen molar-refractivity contribution in [3.05, 3.63) is 35.7 Å².